The van der Waals surface area contributed by atoms with Crippen molar-refractivity contribution in [3.05, 3.63) is 0 Å². The van der Waals surface area contributed by atoms with Crippen LogP contribution in [0.1, 0.15) is 6.92 Å². The van der Waals surface area contributed by atoms with Crippen LogP contribution in [0.3, 0.4) is 0 Å². The fraction of sp³-hybridized carbons (Fsp3) is 1.00. The van der Waals surface area contributed by atoms with Gasteiger partial charge in [-0.3, -0.25) is 0 Å². The van der Waals surface area contributed by atoms with Gasteiger partial charge in [0.2, 0.25) is 0 Å². The fourth-order valence-electron chi connectivity index (χ4n) is 5.41. The molecule has 20 heteroatoms. The van der Waals surface area contributed by atoms with Crippen molar-refractivity contribution >= 4 is 0 Å². The van der Waals surface area contributed by atoms with Gasteiger partial charge in [-0.25, -0.2) is 0 Å². The van der Waals surface area contributed by atoms with Gasteiger partial charge in [-0.05, 0) is 6.92 Å². The molecule has 0 aromatic rings. The monoisotopic (exact) mass is 650 g/mol. The summed E-state index contributed by atoms with van der Waals surface area (Å²) in [5.74, 6) is 0. The summed E-state index contributed by atoms with van der Waals surface area (Å²) in [6, 6.07) is 0. The van der Waals surface area contributed by atoms with Gasteiger partial charge < -0.3 is 99.5 Å². The lowest BCUT2D eigenvalue weighted by molar-refractivity contribution is -0.378. The van der Waals surface area contributed by atoms with Crippen LogP contribution in [0.4, 0.5) is 0 Å². The second-order valence-corrected chi connectivity index (χ2v) is 11.2. The minimum absolute atomic E-state index is 0.625. The van der Waals surface area contributed by atoms with Gasteiger partial charge in [-0.2, -0.15) is 0 Å². The molecule has 0 spiro atoms. The number of hydrogen-bond acceptors (Lipinski definition) is 20. The molecule has 0 aliphatic carbocycles. The van der Waals surface area contributed by atoms with Crippen molar-refractivity contribution in [1.29, 1.82) is 0 Å². The third-order valence-electron chi connectivity index (χ3n) is 8.14. The van der Waals surface area contributed by atoms with Crippen molar-refractivity contribution in [3.63, 3.8) is 0 Å². The van der Waals surface area contributed by atoms with Crippen LogP contribution in [0.15, 0.2) is 0 Å². The van der Waals surface area contributed by atoms with Gasteiger partial charge in [0.1, 0.15) is 91.6 Å². The fourth-order valence-corrected chi connectivity index (χ4v) is 5.41. The molecule has 0 radical (unpaired) electrons. The quantitative estimate of drug-likeness (QED) is 0.110. The van der Waals surface area contributed by atoms with Gasteiger partial charge in [0.05, 0.1) is 25.9 Å². The average molecular weight is 651 g/mol. The molecule has 20 nitrogen and oxygen atoms in total. The minimum atomic E-state index is -1.92. The molecule has 258 valence electrons. The number of hydrogen-bond donors (Lipinski definition) is 13. The second-order valence-electron chi connectivity index (χ2n) is 11.2. The van der Waals surface area contributed by atoms with Crippen LogP contribution >= 0.6 is 0 Å². The van der Waals surface area contributed by atoms with Crippen molar-refractivity contribution in [2.24, 2.45) is 0 Å². The minimum Gasteiger partial charge on any atom is -0.394 e. The Balaban J connectivity index is 1.40. The summed E-state index contributed by atoms with van der Waals surface area (Å²) in [7, 11) is 0. The first-order valence-electron chi connectivity index (χ1n) is 14.0. The zero-order chi connectivity index (χ0) is 32.6. The highest BCUT2D eigenvalue weighted by Crippen LogP contribution is 2.33. The Labute approximate surface area is 249 Å². The van der Waals surface area contributed by atoms with E-state index in [1.165, 1.54) is 6.92 Å². The Kier molecular flexibility index (Phi) is 12.3. The predicted octanol–water partition coefficient (Wildman–Crippen LogP) is -8.72. The van der Waals surface area contributed by atoms with Gasteiger partial charge in [0.15, 0.2) is 25.2 Å². The Hall–Kier alpha value is -0.800. The van der Waals surface area contributed by atoms with E-state index in [0.717, 1.165) is 0 Å². The van der Waals surface area contributed by atoms with Crippen molar-refractivity contribution < 1.29 is 99.5 Å². The highest BCUT2D eigenvalue weighted by atomic mass is 16.8. The van der Waals surface area contributed by atoms with Crippen molar-refractivity contribution in [2.75, 3.05) is 19.8 Å². The summed E-state index contributed by atoms with van der Waals surface area (Å²) in [4.78, 5) is 0. The maximum Gasteiger partial charge on any atom is 0.187 e. The zero-order valence-corrected chi connectivity index (χ0v) is 23.3. The summed E-state index contributed by atoms with van der Waals surface area (Å²) in [6.45, 7) is -0.796. The van der Waals surface area contributed by atoms with E-state index in [2.05, 4.69) is 0 Å². The average Bonchev–Trinajstić information content (AvgIpc) is 3.00. The summed E-state index contributed by atoms with van der Waals surface area (Å²) < 4.78 is 37.8. The highest BCUT2D eigenvalue weighted by molar-refractivity contribution is 4.96. The molecule has 0 saturated carbocycles. The lowest BCUT2D eigenvalue weighted by Crippen LogP contribution is -2.66. The van der Waals surface area contributed by atoms with Crippen molar-refractivity contribution in [2.45, 2.75) is 130 Å². The molecule has 4 saturated heterocycles. The Morgan fingerprint density at radius 1 is 0.455 bits per heavy atom. The van der Waals surface area contributed by atoms with E-state index in [-0.39, 0.29) is 0 Å². The molecule has 0 aromatic heterocycles. The van der Waals surface area contributed by atoms with E-state index in [1.807, 2.05) is 0 Å². The number of rotatable bonds is 9. The summed E-state index contributed by atoms with van der Waals surface area (Å²) in [6.07, 6.45) is -33.2. The first-order valence-corrected chi connectivity index (χ1v) is 14.0. The van der Waals surface area contributed by atoms with Crippen LogP contribution in [-0.4, -0.2) is 209 Å². The van der Waals surface area contributed by atoms with Crippen LogP contribution in [-0.2, 0) is 33.2 Å². The lowest BCUT2D eigenvalue weighted by Gasteiger charge is -2.48. The Morgan fingerprint density at radius 2 is 0.955 bits per heavy atom. The molecule has 0 bridgehead atoms. The lowest BCUT2D eigenvalue weighted by atomic mass is 9.96. The van der Waals surface area contributed by atoms with E-state index in [9.17, 15) is 66.4 Å². The van der Waals surface area contributed by atoms with Crippen molar-refractivity contribution in [1.82, 2.24) is 0 Å². The molecule has 0 amide bonds. The van der Waals surface area contributed by atoms with E-state index in [0.29, 0.717) is 0 Å². The standard InChI is InChI=1S/C24H42O20/c1-5-19(43-24-16(34)13(31)9(27)6(2-25)42-24)14(32)17(35)23(39-5)44-20-11(29)7(3-26)41-22(18(20)36)38-4-8-10(28)12(30)15(33)21(37)40-8/h5-37H,2-4H2,1H3/t5-,6+,7+,8+,9+,10+,11-,12-,13-,14-,15+,16+,17+,18+,19-,20-,21?,22+,23-,24-/m0/s1. The SMILES string of the molecule is C[C@@H]1O[C@@H](O[C@H]2[C@@H](O)[C@@H](CO)O[C@@H](OC[C@H]3OC(O)[C@H](O)[C@@H](O)[C@@H]3O)[C@@H]2O)[C@H](O)[C@H](O)[C@H]1O[C@@H]1O[C@H](CO)[C@@H](O)[C@H](O)[C@H]1O. The maximum atomic E-state index is 10.9. The molecule has 1 unspecified atom stereocenters. The molecule has 13 N–H and O–H groups in total. The highest BCUT2D eigenvalue weighted by Gasteiger charge is 2.53. The second kappa shape index (κ2) is 15.0. The normalized spacial score (nSPS) is 53.9. The topological polar surface area (TPSA) is 328 Å². The first kappa shape index (κ1) is 36.0. The van der Waals surface area contributed by atoms with E-state index < -0.39 is 143 Å². The molecule has 20 atom stereocenters. The van der Waals surface area contributed by atoms with Crippen LogP contribution in [0, 0.1) is 0 Å². The molecular formula is C24H42O20. The molecule has 4 heterocycles. The molecule has 4 aliphatic heterocycles. The van der Waals surface area contributed by atoms with E-state index in [4.69, 9.17) is 33.2 Å². The van der Waals surface area contributed by atoms with Crippen LogP contribution in [0.5, 0.6) is 0 Å². The molecular weight excluding hydrogens is 608 g/mol. The summed E-state index contributed by atoms with van der Waals surface area (Å²) in [5, 5.41) is 132. The van der Waals surface area contributed by atoms with Gasteiger partial charge in [0.25, 0.3) is 0 Å². The van der Waals surface area contributed by atoms with E-state index in [1.54, 1.807) is 0 Å². The van der Waals surface area contributed by atoms with Crippen molar-refractivity contribution in [3.8, 4) is 0 Å². The van der Waals surface area contributed by atoms with Crippen LogP contribution in [0.25, 0.3) is 0 Å². The molecule has 4 fully saturated rings. The maximum absolute atomic E-state index is 10.9. The smallest absolute Gasteiger partial charge is 0.187 e. The Bertz CT molecular complexity index is 900. The number of ether oxygens (including phenoxy) is 7. The molecule has 4 aliphatic rings. The number of aliphatic hydroxyl groups is 13. The first-order chi connectivity index (χ1) is 20.7. The van der Waals surface area contributed by atoms with Crippen LogP contribution < -0.4 is 0 Å². The summed E-state index contributed by atoms with van der Waals surface area (Å²) >= 11 is 0. The van der Waals surface area contributed by atoms with Gasteiger partial charge in [-0.1, -0.05) is 0 Å². The number of aliphatic hydroxyl groups excluding tert-OH is 13. The predicted molar refractivity (Wildman–Crippen MR) is 132 cm³/mol. The third kappa shape index (κ3) is 7.19. The van der Waals surface area contributed by atoms with E-state index >= 15 is 0 Å². The van der Waals surface area contributed by atoms with Gasteiger partial charge in [0, 0.05) is 0 Å². The van der Waals surface area contributed by atoms with Crippen LogP contribution in [0.2, 0.25) is 0 Å². The molecule has 4 rings (SSSR count). The third-order valence-corrected chi connectivity index (χ3v) is 8.14. The zero-order valence-electron chi connectivity index (χ0n) is 23.3. The van der Waals surface area contributed by atoms with Gasteiger partial charge >= 0.3 is 0 Å². The van der Waals surface area contributed by atoms with Gasteiger partial charge in [-0.15, -0.1) is 0 Å². The Morgan fingerprint density at radius 3 is 1.59 bits per heavy atom. The largest absolute Gasteiger partial charge is 0.394 e. The summed E-state index contributed by atoms with van der Waals surface area (Å²) in [5.41, 5.74) is 0. The molecule has 0 aromatic carbocycles. The molecule has 44 heavy (non-hydrogen) atoms.